The summed E-state index contributed by atoms with van der Waals surface area (Å²) in [6.07, 6.45) is 2.68. The van der Waals surface area contributed by atoms with Crippen molar-refractivity contribution in [3.8, 4) is 0 Å². The molecule has 0 aliphatic carbocycles. The number of piperazine rings is 1. The van der Waals surface area contributed by atoms with Crippen LogP contribution in [0.2, 0.25) is 0 Å². The van der Waals surface area contributed by atoms with Gasteiger partial charge in [-0.15, -0.1) is 34.2 Å². The second-order valence-corrected chi connectivity index (χ2v) is 7.17. The first-order valence-electron chi connectivity index (χ1n) is 10.4. The summed E-state index contributed by atoms with van der Waals surface area (Å²) in [5, 5.41) is 11.7. The molecule has 1 aromatic heterocycles. The second kappa shape index (κ2) is 13.6. The molecule has 0 atom stereocenters. The van der Waals surface area contributed by atoms with Gasteiger partial charge in [0.2, 0.25) is 0 Å². The summed E-state index contributed by atoms with van der Waals surface area (Å²) in [7, 11) is 1.71. The highest BCUT2D eigenvalue weighted by Gasteiger charge is 2.19. The second-order valence-electron chi connectivity index (χ2n) is 7.17. The molecule has 1 saturated heterocycles. The smallest absolute Gasteiger partial charge is 0.194 e. The number of rotatable bonds is 9. The van der Waals surface area contributed by atoms with Gasteiger partial charge in [0.15, 0.2) is 5.96 Å². The first-order chi connectivity index (χ1) is 14.3. The molecule has 30 heavy (non-hydrogen) atoms. The van der Waals surface area contributed by atoms with E-state index in [4.69, 9.17) is 9.73 Å². The quantitative estimate of drug-likeness (QED) is 0.233. The fourth-order valence-corrected chi connectivity index (χ4v) is 3.50. The van der Waals surface area contributed by atoms with Crippen molar-refractivity contribution >= 4 is 29.9 Å². The van der Waals surface area contributed by atoms with Gasteiger partial charge in [0.1, 0.15) is 12.2 Å². The van der Waals surface area contributed by atoms with E-state index in [0.29, 0.717) is 13.2 Å². The predicted octanol–water partition coefficient (Wildman–Crippen LogP) is 1.87. The predicted molar refractivity (Wildman–Crippen MR) is 130 cm³/mol. The SMILES string of the molecule is CCc1nncn1CCNC(=NCCOC)N1CCN(Cc2ccccc2)CC1.I. The zero-order chi connectivity index (χ0) is 20.3. The third-order valence-electron chi connectivity index (χ3n) is 5.13. The molecule has 0 spiro atoms. The van der Waals surface area contributed by atoms with Crippen LogP contribution in [-0.4, -0.2) is 83.5 Å². The van der Waals surface area contributed by atoms with Crippen molar-refractivity contribution in [1.82, 2.24) is 29.9 Å². The van der Waals surface area contributed by atoms with Crippen LogP contribution in [0.5, 0.6) is 0 Å². The fraction of sp³-hybridized carbons (Fsp3) is 0.571. The first kappa shape index (κ1) is 24.5. The summed E-state index contributed by atoms with van der Waals surface area (Å²) in [5.41, 5.74) is 1.37. The van der Waals surface area contributed by atoms with Crippen LogP contribution >= 0.6 is 24.0 Å². The van der Waals surface area contributed by atoms with E-state index in [-0.39, 0.29) is 24.0 Å². The van der Waals surface area contributed by atoms with E-state index in [1.807, 2.05) is 0 Å². The van der Waals surface area contributed by atoms with Crippen molar-refractivity contribution in [3.63, 3.8) is 0 Å². The van der Waals surface area contributed by atoms with Gasteiger partial charge in [0.25, 0.3) is 0 Å². The normalized spacial score (nSPS) is 15.1. The van der Waals surface area contributed by atoms with E-state index in [1.165, 1.54) is 5.56 Å². The van der Waals surface area contributed by atoms with E-state index in [1.54, 1.807) is 13.4 Å². The highest BCUT2D eigenvalue weighted by molar-refractivity contribution is 14.0. The number of aryl methyl sites for hydroxylation is 1. The number of methoxy groups -OCH3 is 1. The maximum atomic E-state index is 5.17. The summed E-state index contributed by atoms with van der Waals surface area (Å²) in [6, 6.07) is 10.7. The minimum absolute atomic E-state index is 0. The summed E-state index contributed by atoms with van der Waals surface area (Å²) in [5.74, 6) is 1.98. The number of hydrogen-bond acceptors (Lipinski definition) is 5. The van der Waals surface area contributed by atoms with Crippen molar-refractivity contribution in [3.05, 3.63) is 48.0 Å². The monoisotopic (exact) mass is 527 g/mol. The Labute approximate surface area is 196 Å². The standard InChI is InChI=1S/C21H33N7O.HI/c1-3-20-25-24-18-28(20)11-9-22-21(23-10-16-29-2)27-14-12-26(13-15-27)17-19-7-5-4-6-8-19;/h4-8,18H,3,9-17H2,1-2H3,(H,22,23);1H. The van der Waals surface area contributed by atoms with Crippen LogP contribution in [0.1, 0.15) is 18.3 Å². The van der Waals surface area contributed by atoms with Crippen LogP contribution in [0.25, 0.3) is 0 Å². The first-order valence-corrected chi connectivity index (χ1v) is 10.4. The Balaban J connectivity index is 0.00000320. The lowest BCUT2D eigenvalue weighted by atomic mass is 10.2. The number of guanidine groups is 1. The lowest BCUT2D eigenvalue weighted by molar-refractivity contribution is 0.171. The Kier molecular flexibility index (Phi) is 11.1. The average molecular weight is 527 g/mol. The summed E-state index contributed by atoms with van der Waals surface area (Å²) in [4.78, 5) is 9.61. The molecule has 166 valence electrons. The van der Waals surface area contributed by atoms with Crippen LogP contribution in [0.3, 0.4) is 0 Å². The van der Waals surface area contributed by atoms with Gasteiger partial charge in [-0.05, 0) is 5.56 Å². The molecule has 2 heterocycles. The Morgan fingerprint density at radius 1 is 1.17 bits per heavy atom. The van der Waals surface area contributed by atoms with Crippen LogP contribution in [0.4, 0.5) is 0 Å². The number of hydrogen-bond donors (Lipinski definition) is 1. The van der Waals surface area contributed by atoms with Gasteiger partial charge in [-0.3, -0.25) is 9.89 Å². The topological polar surface area (TPSA) is 70.8 Å². The lowest BCUT2D eigenvalue weighted by Gasteiger charge is -2.36. The van der Waals surface area contributed by atoms with Gasteiger partial charge in [0.05, 0.1) is 13.2 Å². The molecule has 0 radical (unpaired) electrons. The Morgan fingerprint density at radius 3 is 2.63 bits per heavy atom. The molecule has 3 rings (SSSR count). The molecule has 0 saturated carbocycles. The Hall–Kier alpha value is -1.72. The van der Waals surface area contributed by atoms with Crippen molar-refractivity contribution in [2.24, 2.45) is 4.99 Å². The lowest BCUT2D eigenvalue weighted by Crippen LogP contribution is -2.52. The molecule has 1 fully saturated rings. The number of halogens is 1. The molecule has 1 aromatic carbocycles. The average Bonchev–Trinajstić information content (AvgIpc) is 3.22. The highest BCUT2D eigenvalue weighted by Crippen LogP contribution is 2.08. The summed E-state index contributed by atoms with van der Waals surface area (Å²) < 4.78 is 7.27. The number of ether oxygens (including phenoxy) is 1. The van der Waals surface area contributed by atoms with Gasteiger partial charge in [0, 0.05) is 59.3 Å². The fourth-order valence-electron chi connectivity index (χ4n) is 3.50. The number of benzene rings is 1. The van der Waals surface area contributed by atoms with Crippen LogP contribution in [-0.2, 0) is 24.2 Å². The van der Waals surface area contributed by atoms with E-state index in [0.717, 1.165) is 64.0 Å². The molecular weight excluding hydrogens is 493 g/mol. The number of aromatic nitrogens is 3. The molecule has 1 aliphatic rings. The van der Waals surface area contributed by atoms with Crippen molar-refractivity contribution in [2.45, 2.75) is 26.4 Å². The Bertz CT molecular complexity index is 745. The van der Waals surface area contributed by atoms with Gasteiger partial charge in [-0.2, -0.15) is 0 Å². The van der Waals surface area contributed by atoms with Crippen LogP contribution in [0, 0.1) is 0 Å². The minimum Gasteiger partial charge on any atom is -0.383 e. The van der Waals surface area contributed by atoms with E-state index in [2.05, 4.69) is 67.1 Å². The maximum Gasteiger partial charge on any atom is 0.194 e. The van der Waals surface area contributed by atoms with Crippen molar-refractivity contribution < 1.29 is 4.74 Å². The third-order valence-corrected chi connectivity index (χ3v) is 5.13. The van der Waals surface area contributed by atoms with Crippen molar-refractivity contribution in [1.29, 1.82) is 0 Å². The highest BCUT2D eigenvalue weighted by atomic mass is 127. The van der Waals surface area contributed by atoms with Crippen molar-refractivity contribution in [2.75, 3.05) is 53.0 Å². The molecule has 9 heteroatoms. The summed E-state index contributed by atoms with van der Waals surface area (Å²) in [6.45, 7) is 10.0. The Morgan fingerprint density at radius 2 is 1.93 bits per heavy atom. The van der Waals surface area contributed by atoms with Gasteiger partial charge in [-0.1, -0.05) is 37.3 Å². The molecule has 0 unspecified atom stereocenters. The zero-order valence-corrected chi connectivity index (χ0v) is 20.4. The zero-order valence-electron chi connectivity index (χ0n) is 18.0. The number of nitrogens with one attached hydrogen (secondary N) is 1. The molecule has 0 amide bonds. The molecular formula is C21H34IN7O. The van der Waals surface area contributed by atoms with Gasteiger partial charge in [-0.25, -0.2) is 0 Å². The van der Waals surface area contributed by atoms with E-state index >= 15 is 0 Å². The molecule has 0 bridgehead atoms. The molecule has 1 aliphatic heterocycles. The minimum atomic E-state index is 0. The van der Waals surface area contributed by atoms with E-state index < -0.39 is 0 Å². The maximum absolute atomic E-state index is 5.17. The van der Waals surface area contributed by atoms with Crippen LogP contribution in [0.15, 0.2) is 41.7 Å². The number of nitrogens with zero attached hydrogens (tertiary/aromatic N) is 6. The van der Waals surface area contributed by atoms with Gasteiger partial charge >= 0.3 is 0 Å². The number of aliphatic imine (C=N–C) groups is 1. The van der Waals surface area contributed by atoms with Crippen LogP contribution < -0.4 is 5.32 Å². The van der Waals surface area contributed by atoms with Gasteiger partial charge < -0.3 is 19.5 Å². The third kappa shape index (κ3) is 7.51. The molecule has 8 nitrogen and oxygen atoms in total. The molecule has 2 aromatic rings. The van der Waals surface area contributed by atoms with E-state index in [9.17, 15) is 0 Å². The molecule has 1 N–H and O–H groups in total. The summed E-state index contributed by atoms with van der Waals surface area (Å²) >= 11 is 0. The largest absolute Gasteiger partial charge is 0.383 e.